The summed E-state index contributed by atoms with van der Waals surface area (Å²) in [6, 6.07) is 7.08. The number of hydrogen-bond acceptors (Lipinski definition) is 5. The SMILES string of the molecule is CCCNC(=O)CNC(=O)CSc1nc2ccccc2c(=O)n1C(C)C. The van der Waals surface area contributed by atoms with E-state index >= 15 is 0 Å². The van der Waals surface area contributed by atoms with Crippen molar-refractivity contribution in [1.29, 1.82) is 0 Å². The van der Waals surface area contributed by atoms with Gasteiger partial charge in [-0.25, -0.2) is 4.98 Å². The zero-order chi connectivity index (χ0) is 19.1. The summed E-state index contributed by atoms with van der Waals surface area (Å²) in [7, 11) is 0. The molecule has 0 radical (unpaired) electrons. The van der Waals surface area contributed by atoms with Gasteiger partial charge in [0.1, 0.15) is 0 Å². The van der Waals surface area contributed by atoms with Gasteiger partial charge < -0.3 is 10.6 Å². The van der Waals surface area contributed by atoms with Crippen LogP contribution >= 0.6 is 11.8 Å². The molecule has 0 aliphatic carbocycles. The Morgan fingerprint density at radius 3 is 2.62 bits per heavy atom. The molecule has 0 bridgehead atoms. The standard InChI is InChI=1S/C18H24N4O3S/c1-4-9-19-15(23)10-20-16(24)11-26-18-21-14-8-6-5-7-13(14)17(25)22(18)12(2)3/h5-8,12H,4,9-11H2,1-3H3,(H,19,23)(H,20,24). The Balaban J connectivity index is 2.08. The lowest BCUT2D eigenvalue weighted by Crippen LogP contribution is -2.38. The van der Waals surface area contributed by atoms with Gasteiger partial charge in [0.25, 0.3) is 5.56 Å². The summed E-state index contributed by atoms with van der Waals surface area (Å²) in [4.78, 5) is 40.8. The maximum Gasteiger partial charge on any atom is 0.262 e. The highest BCUT2D eigenvalue weighted by atomic mass is 32.2. The topological polar surface area (TPSA) is 93.1 Å². The molecule has 2 aromatic rings. The molecule has 7 nitrogen and oxygen atoms in total. The minimum Gasteiger partial charge on any atom is -0.355 e. The van der Waals surface area contributed by atoms with Crippen molar-refractivity contribution in [2.24, 2.45) is 0 Å². The summed E-state index contributed by atoms with van der Waals surface area (Å²) >= 11 is 1.19. The Bertz CT molecular complexity index is 848. The van der Waals surface area contributed by atoms with Gasteiger partial charge in [-0.3, -0.25) is 19.0 Å². The molecule has 1 aromatic carbocycles. The normalized spacial score (nSPS) is 10.9. The fourth-order valence-electron chi connectivity index (χ4n) is 2.37. The van der Waals surface area contributed by atoms with Crippen molar-refractivity contribution < 1.29 is 9.59 Å². The largest absolute Gasteiger partial charge is 0.355 e. The van der Waals surface area contributed by atoms with E-state index in [1.54, 1.807) is 22.8 Å². The Morgan fingerprint density at radius 1 is 1.19 bits per heavy atom. The smallest absolute Gasteiger partial charge is 0.262 e. The number of para-hydroxylation sites is 1. The van der Waals surface area contributed by atoms with Crippen LogP contribution in [0.4, 0.5) is 0 Å². The Labute approximate surface area is 156 Å². The molecule has 0 atom stereocenters. The van der Waals surface area contributed by atoms with Crippen molar-refractivity contribution in [3.63, 3.8) is 0 Å². The summed E-state index contributed by atoms with van der Waals surface area (Å²) < 4.78 is 1.59. The average molecular weight is 376 g/mol. The van der Waals surface area contributed by atoms with Crippen molar-refractivity contribution in [3.05, 3.63) is 34.6 Å². The second kappa shape index (κ2) is 9.38. The van der Waals surface area contributed by atoms with Crippen LogP contribution in [0.15, 0.2) is 34.2 Å². The number of amides is 2. The Kier molecular flexibility index (Phi) is 7.20. The van der Waals surface area contributed by atoms with Gasteiger partial charge in [-0.1, -0.05) is 30.8 Å². The zero-order valence-electron chi connectivity index (χ0n) is 15.2. The summed E-state index contributed by atoms with van der Waals surface area (Å²) in [5.74, 6) is -0.411. The number of benzene rings is 1. The lowest BCUT2D eigenvalue weighted by atomic mass is 10.2. The van der Waals surface area contributed by atoms with Crippen LogP contribution in [0.1, 0.15) is 33.2 Å². The predicted molar refractivity (Wildman–Crippen MR) is 103 cm³/mol. The van der Waals surface area contributed by atoms with Crippen molar-refractivity contribution in [1.82, 2.24) is 20.2 Å². The van der Waals surface area contributed by atoms with Crippen molar-refractivity contribution in [3.8, 4) is 0 Å². The Hall–Kier alpha value is -2.35. The number of carbonyl (C=O) groups excluding carboxylic acids is 2. The molecule has 2 rings (SSSR count). The molecule has 2 amide bonds. The van der Waals surface area contributed by atoms with Gasteiger partial charge in [-0.2, -0.15) is 0 Å². The molecular weight excluding hydrogens is 352 g/mol. The van der Waals surface area contributed by atoms with Crippen LogP contribution in [0.2, 0.25) is 0 Å². The van der Waals surface area contributed by atoms with E-state index in [9.17, 15) is 14.4 Å². The molecule has 0 aliphatic rings. The first-order valence-electron chi connectivity index (χ1n) is 8.61. The number of fused-ring (bicyclic) bond motifs is 1. The van der Waals surface area contributed by atoms with Crippen LogP contribution < -0.4 is 16.2 Å². The van der Waals surface area contributed by atoms with E-state index in [4.69, 9.17) is 0 Å². The first-order chi connectivity index (χ1) is 12.4. The molecule has 0 aliphatic heterocycles. The van der Waals surface area contributed by atoms with E-state index in [1.165, 1.54) is 11.8 Å². The van der Waals surface area contributed by atoms with E-state index < -0.39 is 0 Å². The second-order valence-corrected chi connectivity index (χ2v) is 7.04. The molecule has 0 spiro atoms. The monoisotopic (exact) mass is 376 g/mol. The lowest BCUT2D eigenvalue weighted by molar-refractivity contribution is -0.124. The highest BCUT2D eigenvalue weighted by molar-refractivity contribution is 7.99. The molecule has 0 saturated carbocycles. The Morgan fingerprint density at radius 2 is 1.92 bits per heavy atom. The minimum absolute atomic E-state index is 0.0540. The molecular formula is C18H24N4O3S. The lowest BCUT2D eigenvalue weighted by Gasteiger charge is -2.16. The number of rotatable bonds is 8. The third-order valence-corrected chi connectivity index (χ3v) is 4.60. The van der Waals surface area contributed by atoms with E-state index in [-0.39, 0.29) is 35.7 Å². The van der Waals surface area contributed by atoms with Gasteiger partial charge in [-0.05, 0) is 32.4 Å². The highest BCUT2D eigenvalue weighted by Gasteiger charge is 2.15. The van der Waals surface area contributed by atoms with Gasteiger partial charge in [0.2, 0.25) is 11.8 Å². The van der Waals surface area contributed by atoms with Crippen LogP contribution in [0, 0.1) is 0 Å². The molecule has 0 fully saturated rings. The van der Waals surface area contributed by atoms with Crippen LogP contribution in [0.5, 0.6) is 0 Å². The second-order valence-electron chi connectivity index (χ2n) is 6.10. The first kappa shape index (κ1) is 20.0. The summed E-state index contributed by atoms with van der Waals surface area (Å²) in [5.41, 5.74) is 0.490. The molecule has 2 N–H and O–H groups in total. The van der Waals surface area contributed by atoms with E-state index in [0.717, 1.165) is 6.42 Å². The van der Waals surface area contributed by atoms with Crippen molar-refractivity contribution in [2.45, 2.75) is 38.4 Å². The van der Waals surface area contributed by atoms with Gasteiger partial charge >= 0.3 is 0 Å². The van der Waals surface area contributed by atoms with Gasteiger partial charge in [0, 0.05) is 12.6 Å². The fourth-order valence-corrected chi connectivity index (χ4v) is 3.33. The number of carbonyl (C=O) groups is 2. The third-order valence-electron chi connectivity index (χ3n) is 3.64. The van der Waals surface area contributed by atoms with E-state index in [1.807, 2.05) is 26.8 Å². The number of aromatic nitrogens is 2. The molecule has 26 heavy (non-hydrogen) atoms. The molecule has 0 saturated heterocycles. The number of thioether (sulfide) groups is 1. The minimum atomic E-state index is -0.278. The molecule has 0 unspecified atom stereocenters. The predicted octanol–water partition coefficient (Wildman–Crippen LogP) is 1.71. The van der Waals surface area contributed by atoms with Crippen LogP contribution in [0.25, 0.3) is 10.9 Å². The fraction of sp³-hybridized carbons (Fsp3) is 0.444. The van der Waals surface area contributed by atoms with Gasteiger partial charge in [0.05, 0.1) is 23.2 Å². The maximum absolute atomic E-state index is 12.7. The average Bonchev–Trinajstić information content (AvgIpc) is 2.62. The molecule has 140 valence electrons. The third kappa shape index (κ3) is 5.08. The first-order valence-corrected chi connectivity index (χ1v) is 9.60. The van der Waals surface area contributed by atoms with Gasteiger partial charge in [-0.15, -0.1) is 0 Å². The van der Waals surface area contributed by atoms with Crippen LogP contribution in [-0.2, 0) is 9.59 Å². The number of nitrogens with one attached hydrogen (secondary N) is 2. The van der Waals surface area contributed by atoms with Crippen molar-refractivity contribution in [2.75, 3.05) is 18.8 Å². The van der Waals surface area contributed by atoms with Crippen LogP contribution in [-0.4, -0.2) is 40.2 Å². The summed E-state index contributed by atoms with van der Waals surface area (Å²) in [6.07, 6.45) is 0.843. The quantitative estimate of drug-likeness (QED) is 0.540. The van der Waals surface area contributed by atoms with E-state index in [2.05, 4.69) is 15.6 Å². The number of nitrogens with zero attached hydrogens (tertiary/aromatic N) is 2. The van der Waals surface area contributed by atoms with Gasteiger partial charge in [0.15, 0.2) is 5.16 Å². The maximum atomic E-state index is 12.7. The summed E-state index contributed by atoms with van der Waals surface area (Å²) in [5, 5.41) is 6.32. The number of hydrogen-bond donors (Lipinski definition) is 2. The van der Waals surface area contributed by atoms with Crippen LogP contribution in [0.3, 0.4) is 0 Å². The molecule has 8 heteroatoms. The van der Waals surface area contributed by atoms with Crippen molar-refractivity contribution >= 4 is 34.5 Å². The zero-order valence-corrected chi connectivity index (χ0v) is 16.1. The van der Waals surface area contributed by atoms with E-state index in [0.29, 0.717) is 22.6 Å². The summed E-state index contributed by atoms with van der Waals surface area (Å²) in [6.45, 7) is 6.30. The molecule has 1 aromatic heterocycles. The molecule has 1 heterocycles. The highest BCUT2D eigenvalue weighted by Crippen LogP contribution is 2.20.